The Morgan fingerprint density at radius 3 is 2.68 bits per heavy atom. The van der Waals surface area contributed by atoms with E-state index in [1.165, 1.54) is 4.31 Å². The summed E-state index contributed by atoms with van der Waals surface area (Å²) in [5.74, 6) is 0. The van der Waals surface area contributed by atoms with Crippen molar-refractivity contribution in [2.75, 3.05) is 13.1 Å². The second-order valence-corrected chi connectivity index (χ2v) is 7.02. The third-order valence-corrected chi connectivity index (χ3v) is 5.44. The Bertz CT molecular complexity index is 549. The molecule has 4 nitrogen and oxygen atoms in total. The first-order valence-corrected chi connectivity index (χ1v) is 7.75. The molecule has 1 aliphatic heterocycles. The Morgan fingerprint density at radius 2 is 2.11 bits per heavy atom. The summed E-state index contributed by atoms with van der Waals surface area (Å²) in [5.41, 5.74) is 6.50. The van der Waals surface area contributed by atoms with Crippen LogP contribution in [0.1, 0.15) is 18.4 Å². The third-order valence-electron chi connectivity index (χ3n) is 3.18. The first-order chi connectivity index (χ1) is 8.41. The van der Waals surface area contributed by atoms with E-state index in [0.29, 0.717) is 28.6 Å². The van der Waals surface area contributed by atoms with Gasteiger partial charge in [-0.25, -0.2) is 8.42 Å². The maximum Gasteiger partial charge on any atom is 0.243 e. The molecular weight excluding hydrogens is 307 g/mol. The Labute approximate surface area is 125 Å². The second-order valence-electron chi connectivity index (χ2n) is 4.68. The van der Waals surface area contributed by atoms with Gasteiger partial charge >= 0.3 is 0 Å². The van der Waals surface area contributed by atoms with Gasteiger partial charge in [-0.2, -0.15) is 4.31 Å². The van der Waals surface area contributed by atoms with E-state index in [4.69, 9.17) is 17.3 Å². The Hall–Kier alpha value is -0.330. The number of piperidine rings is 1. The third kappa shape index (κ3) is 3.61. The Balaban J connectivity index is 0.00000180. The van der Waals surface area contributed by atoms with Gasteiger partial charge in [0, 0.05) is 24.2 Å². The molecule has 1 aromatic carbocycles. The first kappa shape index (κ1) is 16.7. The standard InChI is InChI=1S/C12H17ClN2O2S.ClH/c1-9-7-10(13)4-5-12(9)18(16,17)15-6-2-3-11(14)8-15;/h4-5,7,11H,2-3,6,8,14H2,1H3;1H/t11-;/m1./s1. The summed E-state index contributed by atoms with van der Waals surface area (Å²) < 4.78 is 26.5. The van der Waals surface area contributed by atoms with Crippen molar-refractivity contribution in [3.05, 3.63) is 28.8 Å². The lowest BCUT2D eigenvalue weighted by Crippen LogP contribution is -2.45. The minimum absolute atomic E-state index is 0. The molecule has 1 fully saturated rings. The monoisotopic (exact) mass is 324 g/mol. The Morgan fingerprint density at radius 1 is 1.42 bits per heavy atom. The van der Waals surface area contributed by atoms with Crippen molar-refractivity contribution in [1.82, 2.24) is 4.31 Å². The molecule has 2 rings (SSSR count). The van der Waals surface area contributed by atoms with E-state index < -0.39 is 10.0 Å². The molecule has 1 heterocycles. The summed E-state index contributed by atoms with van der Waals surface area (Å²) in [5, 5.41) is 0.543. The molecule has 0 spiro atoms. The van der Waals surface area contributed by atoms with E-state index >= 15 is 0 Å². The van der Waals surface area contributed by atoms with Crippen molar-refractivity contribution < 1.29 is 8.42 Å². The zero-order valence-electron chi connectivity index (χ0n) is 10.7. The fourth-order valence-corrected chi connectivity index (χ4v) is 4.20. The van der Waals surface area contributed by atoms with Crippen LogP contribution in [0.15, 0.2) is 23.1 Å². The van der Waals surface area contributed by atoms with Gasteiger partial charge in [0.1, 0.15) is 0 Å². The van der Waals surface area contributed by atoms with E-state index in [9.17, 15) is 8.42 Å². The van der Waals surface area contributed by atoms with Gasteiger partial charge in [-0.15, -0.1) is 12.4 Å². The average Bonchev–Trinajstić information content (AvgIpc) is 2.28. The molecule has 0 unspecified atom stereocenters. The summed E-state index contributed by atoms with van der Waals surface area (Å²) >= 11 is 5.85. The minimum Gasteiger partial charge on any atom is -0.327 e. The van der Waals surface area contributed by atoms with E-state index in [1.54, 1.807) is 25.1 Å². The molecule has 7 heteroatoms. The highest BCUT2D eigenvalue weighted by Gasteiger charge is 2.29. The molecule has 0 saturated carbocycles. The van der Waals surface area contributed by atoms with Crippen molar-refractivity contribution in [3.8, 4) is 0 Å². The van der Waals surface area contributed by atoms with Gasteiger partial charge in [0.2, 0.25) is 10.0 Å². The summed E-state index contributed by atoms with van der Waals surface area (Å²) in [4.78, 5) is 0.320. The SMILES string of the molecule is Cc1cc(Cl)ccc1S(=O)(=O)N1CCC[C@@H](N)C1.Cl. The number of hydrogen-bond donors (Lipinski definition) is 1. The molecule has 0 aliphatic carbocycles. The van der Waals surface area contributed by atoms with Gasteiger partial charge < -0.3 is 5.73 Å². The maximum absolute atomic E-state index is 12.5. The maximum atomic E-state index is 12.5. The number of sulfonamides is 1. The predicted molar refractivity (Wildman–Crippen MR) is 79.4 cm³/mol. The summed E-state index contributed by atoms with van der Waals surface area (Å²) in [6.07, 6.45) is 1.69. The predicted octanol–water partition coefficient (Wildman–Crippen LogP) is 2.18. The van der Waals surface area contributed by atoms with Crippen LogP contribution in [-0.2, 0) is 10.0 Å². The van der Waals surface area contributed by atoms with Crippen LogP contribution in [-0.4, -0.2) is 31.9 Å². The molecule has 1 saturated heterocycles. The quantitative estimate of drug-likeness (QED) is 0.906. The highest BCUT2D eigenvalue weighted by atomic mass is 35.5. The van der Waals surface area contributed by atoms with Crippen LogP contribution >= 0.6 is 24.0 Å². The zero-order chi connectivity index (χ0) is 13.3. The van der Waals surface area contributed by atoms with Gasteiger partial charge in [-0.3, -0.25) is 0 Å². The smallest absolute Gasteiger partial charge is 0.243 e. The largest absolute Gasteiger partial charge is 0.327 e. The van der Waals surface area contributed by atoms with Crippen molar-refractivity contribution in [2.45, 2.75) is 30.7 Å². The van der Waals surface area contributed by atoms with Crippen LogP contribution in [0.5, 0.6) is 0 Å². The number of benzene rings is 1. The zero-order valence-corrected chi connectivity index (χ0v) is 13.1. The van der Waals surface area contributed by atoms with Gasteiger partial charge in [-0.05, 0) is 43.5 Å². The van der Waals surface area contributed by atoms with Crippen LogP contribution in [0.4, 0.5) is 0 Å². The van der Waals surface area contributed by atoms with Crippen molar-refractivity contribution in [1.29, 1.82) is 0 Å². The van der Waals surface area contributed by atoms with Crippen molar-refractivity contribution >= 4 is 34.0 Å². The fraction of sp³-hybridized carbons (Fsp3) is 0.500. The molecule has 19 heavy (non-hydrogen) atoms. The lowest BCUT2D eigenvalue weighted by molar-refractivity contribution is 0.316. The van der Waals surface area contributed by atoms with Crippen molar-refractivity contribution in [3.63, 3.8) is 0 Å². The number of nitrogens with two attached hydrogens (primary N) is 1. The molecule has 1 aliphatic rings. The topological polar surface area (TPSA) is 63.4 Å². The van der Waals surface area contributed by atoms with Crippen LogP contribution in [0.2, 0.25) is 5.02 Å². The van der Waals surface area contributed by atoms with Crippen molar-refractivity contribution in [2.24, 2.45) is 5.73 Å². The molecule has 0 bridgehead atoms. The van der Waals surface area contributed by atoms with Crippen LogP contribution < -0.4 is 5.73 Å². The molecule has 108 valence electrons. The molecule has 2 N–H and O–H groups in total. The van der Waals surface area contributed by atoms with E-state index in [1.807, 2.05) is 0 Å². The summed E-state index contributed by atoms with van der Waals surface area (Å²) in [6.45, 7) is 2.69. The molecule has 1 atom stereocenters. The van der Waals surface area contributed by atoms with E-state index in [2.05, 4.69) is 0 Å². The van der Waals surface area contributed by atoms with Crippen LogP contribution in [0, 0.1) is 6.92 Å². The van der Waals surface area contributed by atoms with Gasteiger partial charge in [0.15, 0.2) is 0 Å². The normalized spacial score (nSPS) is 20.9. The van der Waals surface area contributed by atoms with Crippen LogP contribution in [0.3, 0.4) is 0 Å². The fourth-order valence-electron chi connectivity index (χ4n) is 2.23. The number of aryl methyl sites for hydroxylation is 1. The average molecular weight is 325 g/mol. The van der Waals surface area contributed by atoms with E-state index in [-0.39, 0.29) is 18.4 Å². The molecule has 1 aromatic rings. The summed E-state index contributed by atoms with van der Waals surface area (Å²) in [6, 6.07) is 4.76. The van der Waals surface area contributed by atoms with E-state index in [0.717, 1.165) is 12.8 Å². The second kappa shape index (κ2) is 6.41. The number of nitrogens with zero attached hydrogens (tertiary/aromatic N) is 1. The first-order valence-electron chi connectivity index (χ1n) is 5.93. The van der Waals surface area contributed by atoms with Gasteiger partial charge in [0.25, 0.3) is 0 Å². The summed E-state index contributed by atoms with van der Waals surface area (Å²) in [7, 11) is -3.45. The Kier molecular flexibility index (Phi) is 5.65. The van der Waals surface area contributed by atoms with Gasteiger partial charge in [-0.1, -0.05) is 11.6 Å². The number of hydrogen-bond acceptors (Lipinski definition) is 3. The number of rotatable bonds is 2. The molecule has 0 aromatic heterocycles. The molecular formula is C12H18Cl2N2O2S. The lowest BCUT2D eigenvalue weighted by Gasteiger charge is -2.30. The minimum atomic E-state index is -3.45. The van der Waals surface area contributed by atoms with Gasteiger partial charge in [0.05, 0.1) is 4.90 Å². The highest BCUT2D eigenvalue weighted by Crippen LogP contribution is 2.25. The van der Waals surface area contributed by atoms with Crippen LogP contribution in [0.25, 0.3) is 0 Å². The lowest BCUT2D eigenvalue weighted by atomic mass is 10.1. The highest BCUT2D eigenvalue weighted by molar-refractivity contribution is 7.89. The number of halogens is 2. The molecule has 0 amide bonds. The molecule has 0 radical (unpaired) electrons.